The predicted octanol–water partition coefficient (Wildman–Crippen LogP) is 7.85. The lowest BCUT2D eigenvalue weighted by atomic mass is 9.86. The van der Waals surface area contributed by atoms with Crippen molar-refractivity contribution in [1.29, 1.82) is 0 Å². The normalized spacial score (nSPS) is 24.1. The Morgan fingerprint density at radius 3 is 2.39 bits per heavy atom. The van der Waals surface area contributed by atoms with Gasteiger partial charge in [-0.15, -0.1) is 5.10 Å². The van der Waals surface area contributed by atoms with Crippen LogP contribution in [-0.2, 0) is 18.9 Å². The molecule has 2 aromatic carbocycles. The first-order valence-electron chi connectivity index (χ1n) is 16.0. The van der Waals surface area contributed by atoms with Crippen molar-refractivity contribution < 1.29 is 8.78 Å². The number of halogens is 2. The van der Waals surface area contributed by atoms with E-state index in [0.717, 1.165) is 74.4 Å². The molecule has 0 atom stereocenters. The van der Waals surface area contributed by atoms with Crippen molar-refractivity contribution in [3.05, 3.63) is 58.8 Å². The number of hydrogen-bond acceptors (Lipinski definition) is 5. The van der Waals surface area contributed by atoms with Crippen molar-refractivity contribution in [3.8, 4) is 0 Å². The van der Waals surface area contributed by atoms with Gasteiger partial charge in [-0.1, -0.05) is 37.5 Å². The number of nitrogens with zero attached hydrogens (tertiary/aromatic N) is 4. The van der Waals surface area contributed by atoms with Crippen LogP contribution in [0, 0.1) is 12.8 Å². The van der Waals surface area contributed by atoms with Crippen LogP contribution in [0.25, 0.3) is 10.8 Å². The lowest BCUT2D eigenvalue weighted by Crippen LogP contribution is -2.40. The zero-order chi connectivity index (χ0) is 28.2. The Balaban J connectivity index is 1.35. The fourth-order valence-corrected chi connectivity index (χ4v) is 7.20. The molecule has 41 heavy (non-hydrogen) atoms. The van der Waals surface area contributed by atoms with E-state index in [-0.39, 0.29) is 5.56 Å². The van der Waals surface area contributed by atoms with Crippen LogP contribution in [0.1, 0.15) is 86.6 Å². The molecule has 8 bridgehead atoms. The van der Waals surface area contributed by atoms with Gasteiger partial charge in [0.15, 0.2) is 5.82 Å². The average Bonchev–Trinajstić information content (AvgIpc) is 3.00. The van der Waals surface area contributed by atoms with Crippen molar-refractivity contribution in [1.82, 2.24) is 15.1 Å². The van der Waals surface area contributed by atoms with Gasteiger partial charge in [0.25, 0.3) is 5.92 Å². The number of benzene rings is 2. The molecule has 4 aliphatic rings. The third-order valence-electron chi connectivity index (χ3n) is 9.64. The molecule has 7 rings (SSSR count). The lowest BCUT2D eigenvalue weighted by molar-refractivity contribution is -0.0855. The molecule has 0 unspecified atom stereocenters. The van der Waals surface area contributed by atoms with E-state index < -0.39 is 11.8 Å². The predicted molar refractivity (Wildman–Crippen MR) is 164 cm³/mol. The van der Waals surface area contributed by atoms with E-state index in [2.05, 4.69) is 44.4 Å². The van der Waals surface area contributed by atoms with E-state index in [0.29, 0.717) is 19.4 Å². The summed E-state index contributed by atoms with van der Waals surface area (Å²) in [6.07, 6.45) is 11.9. The molecule has 0 spiro atoms. The number of rotatable bonds is 1. The van der Waals surface area contributed by atoms with Gasteiger partial charge >= 0.3 is 0 Å². The van der Waals surface area contributed by atoms with Gasteiger partial charge in [0.05, 0.1) is 5.69 Å². The summed E-state index contributed by atoms with van der Waals surface area (Å²) in [6, 6.07) is 11.7. The molecule has 0 radical (unpaired) electrons. The Morgan fingerprint density at radius 2 is 1.56 bits per heavy atom. The third-order valence-corrected chi connectivity index (χ3v) is 9.64. The first kappa shape index (κ1) is 28.3. The third kappa shape index (κ3) is 6.35. The number of piperidine rings is 2. The van der Waals surface area contributed by atoms with Crippen LogP contribution in [-0.4, -0.2) is 47.8 Å². The number of alkyl halides is 2. The van der Waals surface area contributed by atoms with Gasteiger partial charge in [0.1, 0.15) is 0 Å². The molecule has 2 saturated heterocycles. The average molecular weight is 562 g/mol. The van der Waals surface area contributed by atoms with Gasteiger partial charge in [-0.2, -0.15) is 5.10 Å². The fraction of sp³-hybridized carbons (Fsp3) is 0.588. The van der Waals surface area contributed by atoms with Crippen LogP contribution in [0.2, 0.25) is 0 Å². The number of aromatic nitrogens is 2. The number of fused-ring (bicyclic) bond motifs is 9. The Kier molecular flexibility index (Phi) is 8.71. The molecule has 7 heteroatoms. The molecular formula is C34H45F2N5. The number of aryl methyl sites for hydroxylation is 2. The Bertz CT molecular complexity index is 1330. The maximum Gasteiger partial charge on any atom is 0.276 e. The van der Waals surface area contributed by atoms with E-state index in [4.69, 9.17) is 0 Å². The lowest BCUT2D eigenvalue weighted by Gasteiger charge is -2.36. The largest absolute Gasteiger partial charge is 0.372 e. The quantitative estimate of drug-likeness (QED) is 0.328. The van der Waals surface area contributed by atoms with Gasteiger partial charge in [0.2, 0.25) is 0 Å². The molecule has 2 fully saturated rings. The first-order valence-corrected chi connectivity index (χ1v) is 16.0. The van der Waals surface area contributed by atoms with Gasteiger partial charge in [-0.3, -0.25) is 0 Å². The minimum absolute atomic E-state index is 0.135. The Labute approximate surface area is 243 Å². The molecule has 220 valence electrons. The highest BCUT2D eigenvalue weighted by molar-refractivity contribution is 5.97. The van der Waals surface area contributed by atoms with E-state index >= 15 is 8.78 Å². The zero-order valence-corrected chi connectivity index (χ0v) is 24.6. The molecule has 3 aromatic rings. The SMILES string of the molecule is Cc1nnc2c3cc(N4CCCCC4)cc(c13)CCCCCCCN1CCC(CC1)C(F)(F)c1cccc(c1)CN2. The fourth-order valence-electron chi connectivity index (χ4n) is 7.20. The summed E-state index contributed by atoms with van der Waals surface area (Å²) >= 11 is 0. The second-order valence-corrected chi connectivity index (χ2v) is 12.5. The van der Waals surface area contributed by atoms with Crippen molar-refractivity contribution in [2.24, 2.45) is 5.92 Å². The summed E-state index contributed by atoms with van der Waals surface area (Å²) in [5, 5.41) is 14.9. The van der Waals surface area contributed by atoms with Crippen LogP contribution in [0.15, 0.2) is 36.4 Å². The van der Waals surface area contributed by atoms with Crippen molar-refractivity contribution >= 4 is 22.3 Å². The summed E-state index contributed by atoms with van der Waals surface area (Å²) in [6.45, 7) is 7.24. The van der Waals surface area contributed by atoms with E-state index in [1.807, 2.05) is 6.07 Å². The van der Waals surface area contributed by atoms with Gasteiger partial charge < -0.3 is 15.1 Å². The summed E-state index contributed by atoms with van der Waals surface area (Å²) in [7, 11) is 0. The van der Waals surface area contributed by atoms with Crippen molar-refractivity contribution in [2.45, 2.75) is 90.0 Å². The van der Waals surface area contributed by atoms with E-state index in [1.165, 1.54) is 55.2 Å². The van der Waals surface area contributed by atoms with Crippen molar-refractivity contribution in [3.63, 3.8) is 0 Å². The summed E-state index contributed by atoms with van der Waals surface area (Å²) in [5.74, 6) is -2.69. The van der Waals surface area contributed by atoms with Crippen LogP contribution in [0.5, 0.6) is 0 Å². The van der Waals surface area contributed by atoms with Gasteiger partial charge in [0, 0.05) is 47.6 Å². The van der Waals surface area contributed by atoms with Crippen LogP contribution < -0.4 is 10.2 Å². The number of nitrogens with one attached hydrogen (secondary N) is 1. The molecule has 1 aromatic heterocycles. The highest BCUT2D eigenvalue weighted by Crippen LogP contribution is 2.42. The molecule has 5 heterocycles. The summed E-state index contributed by atoms with van der Waals surface area (Å²) < 4.78 is 31.4. The molecule has 1 N–H and O–H groups in total. The van der Waals surface area contributed by atoms with Crippen LogP contribution >= 0.6 is 0 Å². The monoisotopic (exact) mass is 561 g/mol. The zero-order valence-electron chi connectivity index (χ0n) is 24.6. The Morgan fingerprint density at radius 1 is 0.829 bits per heavy atom. The number of anilines is 2. The smallest absolute Gasteiger partial charge is 0.276 e. The molecule has 5 nitrogen and oxygen atoms in total. The van der Waals surface area contributed by atoms with Gasteiger partial charge in [-0.25, -0.2) is 8.78 Å². The van der Waals surface area contributed by atoms with Crippen LogP contribution in [0.4, 0.5) is 20.3 Å². The van der Waals surface area contributed by atoms with Crippen LogP contribution in [0.3, 0.4) is 0 Å². The van der Waals surface area contributed by atoms with E-state index in [9.17, 15) is 0 Å². The highest BCUT2D eigenvalue weighted by atomic mass is 19.3. The maximum absolute atomic E-state index is 15.7. The topological polar surface area (TPSA) is 44.3 Å². The van der Waals surface area contributed by atoms with Gasteiger partial charge in [-0.05, 0) is 107 Å². The second-order valence-electron chi connectivity index (χ2n) is 12.5. The second kappa shape index (κ2) is 12.6. The minimum Gasteiger partial charge on any atom is -0.372 e. The molecule has 0 saturated carbocycles. The standard InChI is InChI=1S/C34H45F2N5/c1-25-32-27-12-6-3-2-4-7-16-40-19-14-28(15-20-40)34(35,36)29-13-10-11-26(21-29)24-37-33(39-38-25)31(32)23-30(22-27)41-17-8-5-9-18-41/h10-11,13,21-23,28H,2-9,12,14-20,24H2,1H3,(H,37,39). The maximum atomic E-state index is 15.7. The molecule has 0 amide bonds. The Hall–Kier alpha value is -2.80. The number of hydrogen-bond donors (Lipinski definition) is 1. The first-order chi connectivity index (χ1) is 20.0. The summed E-state index contributed by atoms with van der Waals surface area (Å²) in [5.41, 5.74) is 4.56. The molecular weight excluding hydrogens is 516 g/mol. The minimum atomic E-state index is -2.82. The van der Waals surface area contributed by atoms with Crippen molar-refractivity contribution in [2.75, 3.05) is 42.9 Å². The highest BCUT2D eigenvalue weighted by Gasteiger charge is 2.42. The molecule has 0 aliphatic carbocycles. The summed E-state index contributed by atoms with van der Waals surface area (Å²) in [4.78, 5) is 4.91. The van der Waals surface area contributed by atoms with E-state index in [1.54, 1.807) is 18.2 Å². The molecule has 4 aliphatic heterocycles.